The van der Waals surface area contributed by atoms with E-state index in [0.29, 0.717) is 6.54 Å². The van der Waals surface area contributed by atoms with Crippen LogP contribution in [0.3, 0.4) is 0 Å². The fourth-order valence-electron chi connectivity index (χ4n) is 2.50. The molecule has 0 saturated carbocycles. The van der Waals surface area contributed by atoms with Crippen LogP contribution in [0.1, 0.15) is 6.92 Å². The molecule has 2 rings (SSSR count). The van der Waals surface area contributed by atoms with Crippen LogP contribution >= 0.6 is 0 Å². The molecule has 8 heteroatoms. The number of primary amides is 1. The number of ether oxygens (including phenoxy) is 1. The SMILES string of the molecule is CC(=O)N1CCN(C(=O)COc2cccc(F)c2)CC(C(N)=O)C1. The van der Waals surface area contributed by atoms with Gasteiger partial charge in [-0.1, -0.05) is 6.07 Å². The molecule has 1 aliphatic rings. The van der Waals surface area contributed by atoms with Crippen molar-refractivity contribution in [2.45, 2.75) is 6.92 Å². The highest BCUT2D eigenvalue weighted by Gasteiger charge is 2.29. The summed E-state index contributed by atoms with van der Waals surface area (Å²) in [5.74, 6) is -1.93. The molecule has 1 fully saturated rings. The smallest absolute Gasteiger partial charge is 0.260 e. The van der Waals surface area contributed by atoms with Crippen molar-refractivity contribution in [1.82, 2.24) is 9.80 Å². The summed E-state index contributed by atoms with van der Waals surface area (Å²) in [6, 6.07) is 5.48. The second kappa shape index (κ2) is 7.76. The zero-order valence-electron chi connectivity index (χ0n) is 13.4. The molecule has 1 unspecified atom stereocenters. The van der Waals surface area contributed by atoms with E-state index >= 15 is 0 Å². The largest absolute Gasteiger partial charge is 0.484 e. The summed E-state index contributed by atoms with van der Waals surface area (Å²) in [4.78, 5) is 38.3. The molecule has 3 amide bonds. The average Bonchev–Trinajstić information content (AvgIpc) is 2.76. The monoisotopic (exact) mass is 337 g/mol. The quantitative estimate of drug-likeness (QED) is 0.837. The molecule has 24 heavy (non-hydrogen) atoms. The van der Waals surface area contributed by atoms with Crippen LogP contribution in [0.5, 0.6) is 5.75 Å². The first-order valence-corrected chi connectivity index (χ1v) is 7.58. The molecule has 1 atom stereocenters. The molecule has 0 spiro atoms. The summed E-state index contributed by atoms with van der Waals surface area (Å²) in [6.45, 7) is 2.06. The summed E-state index contributed by atoms with van der Waals surface area (Å²) in [5, 5.41) is 0. The molecule has 1 heterocycles. The van der Waals surface area contributed by atoms with Crippen molar-refractivity contribution < 1.29 is 23.5 Å². The molecular weight excluding hydrogens is 317 g/mol. The molecule has 130 valence electrons. The summed E-state index contributed by atoms with van der Waals surface area (Å²) in [5.41, 5.74) is 5.36. The van der Waals surface area contributed by atoms with E-state index in [1.54, 1.807) is 6.07 Å². The van der Waals surface area contributed by atoms with E-state index in [1.807, 2.05) is 0 Å². The molecule has 0 radical (unpaired) electrons. The molecule has 0 aliphatic carbocycles. The number of carbonyl (C=O) groups is 3. The fourth-order valence-corrected chi connectivity index (χ4v) is 2.50. The lowest BCUT2D eigenvalue weighted by Gasteiger charge is -2.22. The number of carbonyl (C=O) groups excluding carboxylic acids is 3. The minimum absolute atomic E-state index is 0.129. The molecule has 0 aromatic heterocycles. The van der Waals surface area contributed by atoms with Gasteiger partial charge in [0.05, 0.1) is 5.92 Å². The van der Waals surface area contributed by atoms with E-state index in [2.05, 4.69) is 0 Å². The summed E-state index contributed by atoms with van der Waals surface area (Å²) >= 11 is 0. The van der Waals surface area contributed by atoms with Crippen LogP contribution in [0, 0.1) is 11.7 Å². The van der Waals surface area contributed by atoms with E-state index in [-0.39, 0.29) is 43.8 Å². The molecule has 1 aromatic carbocycles. The van der Waals surface area contributed by atoms with Crippen molar-refractivity contribution in [3.63, 3.8) is 0 Å². The molecular formula is C16H20FN3O4. The van der Waals surface area contributed by atoms with Crippen molar-refractivity contribution in [2.75, 3.05) is 32.8 Å². The Morgan fingerprint density at radius 2 is 1.92 bits per heavy atom. The summed E-state index contributed by atoms with van der Waals surface area (Å²) in [7, 11) is 0. The van der Waals surface area contributed by atoms with Crippen LogP contribution in [-0.2, 0) is 14.4 Å². The van der Waals surface area contributed by atoms with Gasteiger partial charge in [-0.2, -0.15) is 0 Å². The maximum atomic E-state index is 13.1. The van der Waals surface area contributed by atoms with Gasteiger partial charge in [0.15, 0.2) is 6.61 Å². The van der Waals surface area contributed by atoms with Crippen LogP contribution in [0.4, 0.5) is 4.39 Å². The van der Waals surface area contributed by atoms with Crippen LogP contribution in [-0.4, -0.2) is 60.3 Å². The Hall–Kier alpha value is -2.64. The van der Waals surface area contributed by atoms with Gasteiger partial charge >= 0.3 is 0 Å². The van der Waals surface area contributed by atoms with E-state index in [0.717, 1.165) is 0 Å². The van der Waals surface area contributed by atoms with Crippen molar-refractivity contribution >= 4 is 17.7 Å². The lowest BCUT2D eigenvalue weighted by molar-refractivity contribution is -0.134. The molecule has 1 aliphatic heterocycles. The molecule has 2 N–H and O–H groups in total. The van der Waals surface area contributed by atoms with Gasteiger partial charge < -0.3 is 20.3 Å². The zero-order valence-corrected chi connectivity index (χ0v) is 13.4. The lowest BCUT2D eigenvalue weighted by Crippen LogP contribution is -2.42. The summed E-state index contributed by atoms with van der Waals surface area (Å²) in [6.07, 6.45) is 0. The van der Waals surface area contributed by atoms with Gasteiger partial charge in [0, 0.05) is 39.2 Å². The van der Waals surface area contributed by atoms with Crippen molar-refractivity contribution in [2.24, 2.45) is 11.7 Å². The Morgan fingerprint density at radius 1 is 1.25 bits per heavy atom. The van der Waals surface area contributed by atoms with E-state index in [4.69, 9.17) is 10.5 Å². The number of benzene rings is 1. The Bertz CT molecular complexity index is 638. The molecule has 1 saturated heterocycles. The number of hydrogen-bond acceptors (Lipinski definition) is 4. The minimum Gasteiger partial charge on any atom is -0.484 e. The minimum atomic E-state index is -0.630. The zero-order chi connectivity index (χ0) is 17.7. The van der Waals surface area contributed by atoms with Crippen molar-refractivity contribution in [3.8, 4) is 5.75 Å². The van der Waals surface area contributed by atoms with Gasteiger partial charge in [0.25, 0.3) is 5.91 Å². The third-order valence-corrected chi connectivity index (χ3v) is 3.88. The van der Waals surface area contributed by atoms with E-state index in [1.165, 1.54) is 34.9 Å². The van der Waals surface area contributed by atoms with Crippen LogP contribution in [0.15, 0.2) is 24.3 Å². The second-order valence-electron chi connectivity index (χ2n) is 5.65. The number of nitrogens with zero attached hydrogens (tertiary/aromatic N) is 2. The lowest BCUT2D eigenvalue weighted by atomic mass is 10.1. The highest BCUT2D eigenvalue weighted by molar-refractivity contribution is 5.82. The highest BCUT2D eigenvalue weighted by atomic mass is 19.1. The summed E-state index contributed by atoms with van der Waals surface area (Å²) < 4.78 is 18.4. The van der Waals surface area contributed by atoms with Gasteiger partial charge in [-0.05, 0) is 12.1 Å². The second-order valence-corrected chi connectivity index (χ2v) is 5.65. The van der Waals surface area contributed by atoms with Gasteiger partial charge in [-0.15, -0.1) is 0 Å². The van der Waals surface area contributed by atoms with Crippen molar-refractivity contribution in [1.29, 1.82) is 0 Å². The first-order valence-electron chi connectivity index (χ1n) is 7.58. The standard InChI is InChI=1S/C16H20FN3O4/c1-11(21)19-5-6-20(9-12(8-19)16(18)23)15(22)10-24-14-4-2-3-13(17)7-14/h2-4,7,12H,5-6,8-10H2,1H3,(H2,18,23). The Labute approximate surface area is 139 Å². The number of halogens is 1. The van der Waals surface area contributed by atoms with Gasteiger partial charge in [0.1, 0.15) is 11.6 Å². The van der Waals surface area contributed by atoms with E-state index in [9.17, 15) is 18.8 Å². The predicted octanol–water partition coefficient (Wildman–Crippen LogP) is -0.00330. The first-order chi connectivity index (χ1) is 11.4. The number of rotatable bonds is 4. The number of hydrogen-bond donors (Lipinski definition) is 1. The number of nitrogens with two attached hydrogens (primary N) is 1. The normalized spacial score (nSPS) is 18.0. The Balaban J connectivity index is 1.99. The van der Waals surface area contributed by atoms with Gasteiger partial charge in [0.2, 0.25) is 11.8 Å². The third kappa shape index (κ3) is 4.68. The van der Waals surface area contributed by atoms with Crippen LogP contribution in [0.2, 0.25) is 0 Å². The predicted molar refractivity (Wildman–Crippen MR) is 83.4 cm³/mol. The van der Waals surface area contributed by atoms with E-state index < -0.39 is 17.6 Å². The maximum absolute atomic E-state index is 13.1. The molecule has 7 nitrogen and oxygen atoms in total. The third-order valence-electron chi connectivity index (χ3n) is 3.88. The number of amides is 3. The van der Waals surface area contributed by atoms with Crippen LogP contribution < -0.4 is 10.5 Å². The average molecular weight is 337 g/mol. The van der Waals surface area contributed by atoms with Crippen molar-refractivity contribution in [3.05, 3.63) is 30.1 Å². The van der Waals surface area contributed by atoms with Crippen LogP contribution in [0.25, 0.3) is 0 Å². The van der Waals surface area contributed by atoms with Gasteiger partial charge in [-0.25, -0.2) is 4.39 Å². The Kier molecular flexibility index (Phi) is 5.73. The molecule has 0 bridgehead atoms. The first kappa shape index (κ1) is 17.7. The highest BCUT2D eigenvalue weighted by Crippen LogP contribution is 2.14. The van der Waals surface area contributed by atoms with Gasteiger partial charge in [-0.3, -0.25) is 14.4 Å². The Morgan fingerprint density at radius 3 is 2.54 bits per heavy atom. The topological polar surface area (TPSA) is 92.9 Å². The maximum Gasteiger partial charge on any atom is 0.260 e. The fraction of sp³-hybridized carbons (Fsp3) is 0.438. The molecule has 1 aromatic rings.